The van der Waals surface area contributed by atoms with Crippen LogP contribution in [0.25, 0.3) is 20.8 Å². The molecule has 1 aromatic carbocycles. The summed E-state index contributed by atoms with van der Waals surface area (Å²) >= 11 is 7.43. The van der Waals surface area contributed by atoms with E-state index in [-0.39, 0.29) is 12.2 Å². The molecule has 4 aromatic rings. The summed E-state index contributed by atoms with van der Waals surface area (Å²) in [7, 11) is 0. The molecule has 2 N–H and O–H groups in total. The Kier molecular flexibility index (Phi) is 4.46. The average Bonchev–Trinajstić information content (AvgIpc) is 3.06. The predicted molar refractivity (Wildman–Crippen MR) is 99.1 cm³/mol. The number of fused-ring (bicyclic) bond motifs is 1. The minimum Gasteiger partial charge on any atom is -0.390 e. The largest absolute Gasteiger partial charge is 0.390 e. The second-order valence-corrected chi connectivity index (χ2v) is 6.71. The van der Waals surface area contributed by atoms with Crippen LogP contribution < -0.4 is 5.32 Å². The van der Waals surface area contributed by atoms with Crippen molar-refractivity contribution in [2.75, 3.05) is 5.32 Å². The molecule has 26 heavy (non-hydrogen) atoms. The van der Waals surface area contributed by atoms with Gasteiger partial charge >= 0.3 is 0 Å². The van der Waals surface area contributed by atoms with Gasteiger partial charge in [-0.15, -0.1) is 11.3 Å². The third-order valence-corrected chi connectivity index (χ3v) is 5.02. The van der Waals surface area contributed by atoms with Gasteiger partial charge in [0.2, 0.25) is 0 Å². The Morgan fingerprint density at radius 1 is 1.19 bits per heavy atom. The molecule has 0 unspecified atom stereocenters. The van der Waals surface area contributed by atoms with E-state index in [0.29, 0.717) is 32.9 Å². The standard InChI is InChI=1S/C17H11ClFN5OS/c18-10-2-1-3-11(19)14(10)17-23-12-4-5-20-16(15(12)26-17)24-13-6-9(7-25)21-8-22-13/h1-6,8,25H,7H2,(H,20,21,22,24). The first-order chi connectivity index (χ1) is 12.7. The van der Waals surface area contributed by atoms with Crippen molar-refractivity contribution < 1.29 is 9.50 Å². The number of anilines is 2. The first-order valence-electron chi connectivity index (χ1n) is 7.54. The maximum absolute atomic E-state index is 14.2. The highest BCUT2D eigenvalue weighted by molar-refractivity contribution is 7.22. The number of thiazole rings is 1. The van der Waals surface area contributed by atoms with Crippen molar-refractivity contribution in [2.45, 2.75) is 6.61 Å². The number of hydrogen-bond donors (Lipinski definition) is 2. The second kappa shape index (κ2) is 6.91. The zero-order valence-corrected chi connectivity index (χ0v) is 14.7. The van der Waals surface area contributed by atoms with Gasteiger partial charge in [0, 0.05) is 12.3 Å². The molecule has 6 nitrogen and oxygen atoms in total. The normalized spacial score (nSPS) is 11.0. The van der Waals surface area contributed by atoms with E-state index in [4.69, 9.17) is 11.6 Å². The van der Waals surface area contributed by atoms with E-state index in [1.165, 1.54) is 23.7 Å². The number of rotatable bonds is 4. The number of nitrogens with one attached hydrogen (secondary N) is 1. The maximum atomic E-state index is 14.2. The van der Waals surface area contributed by atoms with E-state index < -0.39 is 5.82 Å². The molecule has 0 saturated heterocycles. The van der Waals surface area contributed by atoms with E-state index in [1.54, 1.807) is 30.5 Å². The summed E-state index contributed by atoms with van der Waals surface area (Å²) < 4.78 is 14.9. The summed E-state index contributed by atoms with van der Waals surface area (Å²) in [6.07, 6.45) is 2.95. The van der Waals surface area contributed by atoms with Crippen molar-refractivity contribution >= 4 is 44.8 Å². The predicted octanol–water partition coefficient (Wildman–Crippen LogP) is 4.18. The molecular weight excluding hydrogens is 377 g/mol. The Bertz CT molecular complexity index is 1080. The van der Waals surface area contributed by atoms with Crippen molar-refractivity contribution in [1.82, 2.24) is 19.9 Å². The van der Waals surface area contributed by atoms with Crippen LogP contribution in [0.1, 0.15) is 5.69 Å². The van der Waals surface area contributed by atoms with Crippen molar-refractivity contribution in [1.29, 1.82) is 0 Å². The minimum atomic E-state index is -0.428. The summed E-state index contributed by atoms with van der Waals surface area (Å²) in [5.74, 6) is 0.589. The lowest BCUT2D eigenvalue weighted by Crippen LogP contribution is -1.99. The fourth-order valence-electron chi connectivity index (χ4n) is 2.43. The van der Waals surface area contributed by atoms with E-state index in [2.05, 4.69) is 25.3 Å². The Morgan fingerprint density at radius 3 is 2.88 bits per heavy atom. The monoisotopic (exact) mass is 387 g/mol. The number of halogens is 2. The molecule has 0 amide bonds. The van der Waals surface area contributed by atoms with Crippen LogP contribution in [-0.4, -0.2) is 25.0 Å². The fraction of sp³-hybridized carbons (Fsp3) is 0.0588. The smallest absolute Gasteiger partial charge is 0.151 e. The van der Waals surface area contributed by atoms with Crippen LogP contribution in [0.15, 0.2) is 42.9 Å². The number of nitrogens with zero attached hydrogens (tertiary/aromatic N) is 4. The quantitative estimate of drug-likeness (QED) is 0.546. The van der Waals surface area contributed by atoms with Gasteiger partial charge in [-0.2, -0.15) is 0 Å². The van der Waals surface area contributed by atoms with Crippen LogP contribution in [0.5, 0.6) is 0 Å². The zero-order valence-electron chi connectivity index (χ0n) is 13.1. The highest BCUT2D eigenvalue weighted by atomic mass is 35.5. The number of benzene rings is 1. The summed E-state index contributed by atoms with van der Waals surface area (Å²) in [4.78, 5) is 16.9. The molecule has 0 aliphatic carbocycles. The van der Waals surface area contributed by atoms with Gasteiger partial charge in [0.1, 0.15) is 23.0 Å². The van der Waals surface area contributed by atoms with E-state index in [0.717, 1.165) is 4.70 Å². The number of aliphatic hydroxyl groups excluding tert-OH is 1. The SMILES string of the molecule is OCc1cc(Nc2nccc3nc(-c4c(F)cccc4Cl)sc23)ncn1. The molecule has 0 spiro atoms. The number of aromatic nitrogens is 4. The van der Waals surface area contributed by atoms with Crippen LogP contribution in [-0.2, 0) is 6.61 Å². The van der Waals surface area contributed by atoms with Gasteiger partial charge in [0.15, 0.2) is 5.82 Å². The summed E-state index contributed by atoms with van der Waals surface area (Å²) in [5.41, 5.74) is 1.42. The molecule has 0 aliphatic rings. The van der Waals surface area contributed by atoms with Crippen molar-refractivity contribution in [3.05, 3.63) is 59.4 Å². The van der Waals surface area contributed by atoms with E-state index >= 15 is 0 Å². The maximum Gasteiger partial charge on any atom is 0.151 e. The van der Waals surface area contributed by atoms with Crippen LogP contribution >= 0.6 is 22.9 Å². The highest BCUT2D eigenvalue weighted by Crippen LogP contribution is 2.38. The van der Waals surface area contributed by atoms with E-state index in [1.807, 2.05) is 0 Å². The molecule has 3 aromatic heterocycles. The molecule has 3 heterocycles. The molecular formula is C17H11ClFN5OS. The van der Waals surface area contributed by atoms with Crippen LogP contribution in [0.2, 0.25) is 5.02 Å². The van der Waals surface area contributed by atoms with Gasteiger partial charge in [-0.05, 0) is 18.2 Å². The number of pyridine rings is 1. The van der Waals surface area contributed by atoms with Crippen LogP contribution in [0.4, 0.5) is 16.0 Å². The molecule has 0 bridgehead atoms. The Labute approximate surface area is 156 Å². The van der Waals surface area contributed by atoms with Crippen molar-refractivity contribution in [3.8, 4) is 10.6 Å². The number of hydrogen-bond acceptors (Lipinski definition) is 7. The van der Waals surface area contributed by atoms with Gasteiger partial charge in [-0.3, -0.25) is 0 Å². The van der Waals surface area contributed by atoms with Gasteiger partial charge in [-0.1, -0.05) is 17.7 Å². The second-order valence-electron chi connectivity index (χ2n) is 5.30. The lowest BCUT2D eigenvalue weighted by molar-refractivity contribution is 0.276. The van der Waals surface area contributed by atoms with Gasteiger partial charge in [-0.25, -0.2) is 24.3 Å². The lowest BCUT2D eigenvalue weighted by atomic mass is 10.2. The van der Waals surface area contributed by atoms with Gasteiger partial charge in [0.05, 0.1) is 33.1 Å². The van der Waals surface area contributed by atoms with Crippen molar-refractivity contribution in [3.63, 3.8) is 0 Å². The van der Waals surface area contributed by atoms with Crippen molar-refractivity contribution in [2.24, 2.45) is 0 Å². The summed E-state index contributed by atoms with van der Waals surface area (Å²) in [5, 5.41) is 13.0. The third kappa shape index (κ3) is 3.10. The molecule has 4 rings (SSSR count). The Hall–Kier alpha value is -2.68. The van der Waals surface area contributed by atoms with Crippen LogP contribution in [0, 0.1) is 5.82 Å². The minimum absolute atomic E-state index is 0.189. The van der Waals surface area contributed by atoms with Gasteiger partial charge in [0.25, 0.3) is 0 Å². The molecule has 0 atom stereocenters. The van der Waals surface area contributed by atoms with E-state index in [9.17, 15) is 9.50 Å². The molecule has 0 aliphatic heterocycles. The Morgan fingerprint density at radius 2 is 2.08 bits per heavy atom. The van der Waals surface area contributed by atoms with Crippen LogP contribution in [0.3, 0.4) is 0 Å². The highest BCUT2D eigenvalue weighted by Gasteiger charge is 2.16. The summed E-state index contributed by atoms with van der Waals surface area (Å²) in [6, 6.07) is 7.89. The first kappa shape index (κ1) is 16.8. The topological polar surface area (TPSA) is 83.8 Å². The summed E-state index contributed by atoms with van der Waals surface area (Å²) in [6.45, 7) is -0.189. The molecule has 130 valence electrons. The molecule has 0 radical (unpaired) electrons. The molecule has 0 fully saturated rings. The molecule has 9 heteroatoms. The lowest BCUT2D eigenvalue weighted by Gasteiger charge is -2.05. The number of aliphatic hydroxyl groups is 1. The average molecular weight is 388 g/mol. The first-order valence-corrected chi connectivity index (χ1v) is 8.74. The zero-order chi connectivity index (χ0) is 18.1. The fourth-order valence-corrected chi connectivity index (χ4v) is 3.80. The Balaban J connectivity index is 1.79. The third-order valence-electron chi connectivity index (χ3n) is 3.61. The molecule has 0 saturated carbocycles. The van der Waals surface area contributed by atoms with Gasteiger partial charge < -0.3 is 10.4 Å².